The van der Waals surface area contributed by atoms with Gasteiger partial charge in [-0.3, -0.25) is 0 Å². The molecule has 2 nitrogen and oxygen atoms in total. The minimum absolute atomic E-state index is 0.00883. The van der Waals surface area contributed by atoms with Crippen molar-refractivity contribution in [3.05, 3.63) is 27.1 Å². The molecule has 0 unspecified atom stereocenters. The van der Waals surface area contributed by atoms with Crippen molar-refractivity contribution in [2.24, 2.45) is 5.73 Å². The normalized spacial score (nSPS) is 17.9. The van der Waals surface area contributed by atoms with E-state index in [0.717, 1.165) is 34.0 Å². The Morgan fingerprint density at radius 3 is 2.56 bits per heavy atom. The fourth-order valence-corrected chi connectivity index (χ4v) is 3.16. The predicted molar refractivity (Wildman–Crippen MR) is 72.7 cm³/mol. The van der Waals surface area contributed by atoms with Crippen molar-refractivity contribution in [1.82, 2.24) is 0 Å². The summed E-state index contributed by atoms with van der Waals surface area (Å²) in [6.45, 7) is 0.689. The highest BCUT2D eigenvalue weighted by atomic mass is 79.9. The van der Waals surface area contributed by atoms with Crippen molar-refractivity contribution in [3.8, 4) is 5.75 Å². The summed E-state index contributed by atoms with van der Waals surface area (Å²) in [5.41, 5.74) is 5.63. The second-order valence-electron chi connectivity index (χ2n) is 4.25. The number of nitrogens with two attached hydrogens (primary N) is 1. The quantitative estimate of drug-likeness (QED) is 0.896. The lowest BCUT2D eigenvalue weighted by Gasteiger charge is -2.42. The average Bonchev–Trinajstić information content (AvgIpc) is 2.18. The summed E-state index contributed by atoms with van der Waals surface area (Å²) in [4.78, 5) is 0. The lowest BCUT2D eigenvalue weighted by atomic mass is 9.77. The molecule has 0 radical (unpaired) electrons. The maximum absolute atomic E-state index is 6.12. The van der Waals surface area contributed by atoms with Crippen LogP contribution in [-0.2, 0) is 0 Å². The molecule has 2 rings (SSSR count). The summed E-state index contributed by atoms with van der Waals surface area (Å²) < 4.78 is 8.16. The van der Waals surface area contributed by atoms with Gasteiger partial charge in [-0.1, -0.05) is 15.9 Å². The van der Waals surface area contributed by atoms with Gasteiger partial charge in [0.15, 0.2) is 0 Å². The van der Waals surface area contributed by atoms with E-state index in [1.165, 1.54) is 6.42 Å². The highest BCUT2D eigenvalue weighted by Crippen LogP contribution is 2.41. The van der Waals surface area contributed by atoms with Gasteiger partial charge in [-0.15, -0.1) is 0 Å². The van der Waals surface area contributed by atoms with E-state index in [0.29, 0.717) is 6.54 Å². The summed E-state index contributed by atoms with van der Waals surface area (Å²) >= 11 is 6.95. The van der Waals surface area contributed by atoms with Crippen LogP contribution in [0.25, 0.3) is 0 Å². The molecule has 0 spiro atoms. The third-order valence-corrected chi connectivity index (χ3v) is 4.20. The molecular weight excluding hydrogens is 334 g/mol. The van der Waals surface area contributed by atoms with Crippen LogP contribution in [0.2, 0.25) is 0 Å². The molecule has 1 fully saturated rings. The van der Waals surface area contributed by atoms with Gasteiger partial charge >= 0.3 is 0 Å². The first-order valence-corrected chi connectivity index (χ1v) is 7.08. The van der Waals surface area contributed by atoms with Crippen molar-refractivity contribution in [3.63, 3.8) is 0 Å². The summed E-state index contributed by atoms with van der Waals surface area (Å²) in [6.07, 6.45) is 4.42. The fraction of sp³-hybridized carbons (Fsp3) is 0.500. The van der Waals surface area contributed by atoms with Gasteiger partial charge in [0.2, 0.25) is 0 Å². The molecule has 1 aliphatic rings. The molecule has 0 heterocycles. The lowest BCUT2D eigenvalue weighted by molar-refractivity contribution is -0.0131. The lowest BCUT2D eigenvalue weighted by Crippen LogP contribution is -2.44. The van der Waals surface area contributed by atoms with E-state index >= 15 is 0 Å². The van der Waals surface area contributed by atoms with Gasteiger partial charge in [0.05, 0.1) is 4.47 Å². The van der Waals surface area contributed by atoms with Crippen molar-refractivity contribution in [2.45, 2.75) is 31.3 Å². The van der Waals surface area contributed by atoms with Gasteiger partial charge in [-0.05, 0) is 66.4 Å². The predicted octanol–water partition coefficient (Wildman–Crippen LogP) is 3.86. The molecule has 1 aromatic carbocycles. The molecule has 16 heavy (non-hydrogen) atoms. The highest BCUT2D eigenvalue weighted by Gasteiger charge is 2.38. The first-order valence-electron chi connectivity index (χ1n) is 5.49. The minimum atomic E-state index is -0.00883. The molecule has 1 aromatic rings. The SMILES string of the molecule is NCCC1(Oc2ccc(Br)cc2Br)CCC1. The molecule has 0 amide bonds. The fourth-order valence-electron chi connectivity index (χ4n) is 2.03. The van der Waals surface area contributed by atoms with Crippen LogP contribution in [0, 0.1) is 0 Å². The number of ether oxygens (including phenoxy) is 1. The van der Waals surface area contributed by atoms with Crippen molar-refractivity contribution >= 4 is 31.9 Å². The first-order chi connectivity index (χ1) is 7.65. The Morgan fingerprint density at radius 2 is 2.06 bits per heavy atom. The zero-order valence-corrected chi connectivity index (χ0v) is 12.2. The van der Waals surface area contributed by atoms with Crippen LogP contribution >= 0.6 is 31.9 Å². The maximum Gasteiger partial charge on any atom is 0.134 e. The Labute approximate surface area is 113 Å². The van der Waals surface area contributed by atoms with Gasteiger partial charge in [-0.25, -0.2) is 0 Å². The van der Waals surface area contributed by atoms with Crippen molar-refractivity contribution in [1.29, 1.82) is 0 Å². The third-order valence-electron chi connectivity index (χ3n) is 3.09. The zero-order valence-electron chi connectivity index (χ0n) is 9.01. The standard InChI is InChI=1S/C12H15Br2NO/c13-9-2-3-11(10(14)8-9)16-12(6-7-15)4-1-5-12/h2-3,8H,1,4-7,15H2. The van der Waals surface area contributed by atoms with E-state index in [4.69, 9.17) is 10.5 Å². The van der Waals surface area contributed by atoms with Crippen LogP contribution in [0.3, 0.4) is 0 Å². The van der Waals surface area contributed by atoms with E-state index in [-0.39, 0.29) is 5.60 Å². The van der Waals surface area contributed by atoms with Crippen molar-refractivity contribution in [2.75, 3.05) is 6.54 Å². The Kier molecular flexibility index (Phi) is 3.93. The second kappa shape index (κ2) is 5.07. The number of hydrogen-bond donors (Lipinski definition) is 1. The Morgan fingerprint density at radius 1 is 1.31 bits per heavy atom. The second-order valence-corrected chi connectivity index (χ2v) is 6.02. The number of hydrogen-bond acceptors (Lipinski definition) is 2. The van der Waals surface area contributed by atoms with Crippen LogP contribution in [0.1, 0.15) is 25.7 Å². The van der Waals surface area contributed by atoms with Crippen LogP contribution in [0.4, 0.5) is 0 Å². The number of rotatable bonds is 4. The molecule has 1 aliphatic carbocycles. The van der Waals surface area contributed by atoms with Gasteiger partial charge in [0.1, 0.15) is 11.4 Å². The van der Waals surface area contributed by atoms with E-state index in [1.807, 2.05) is 18.2 Å². The highest BCUT2D eigenvalue weighted by molar-refractivity contribution is 9.11. The molecule has 0 atom stereocenters. The molecule has 0 aliphatic heterocycles. The first kappa shape index (κ1) is 12.4. The van der Waals surface area contributed by atoms with Crippen LogP contribution < -0.4 is 10.5 Å². The van der Waals surface area contributed by atoms with Crippen LogP contribution in [0.15, 0.2) is 27.1 Å². The Bertz CT molecular complexity index is 377. The van der Waals surface area contributed by atoms with E-state index in [2.05, 4.69) is 31.9 Å². The summed E-state index contributed by atoms with van der Waals surface area (Å²) in [6, 6.07) is 5.99. The molecule has 88 valence electrons. The monoisotopic (exact) mass is 347 g/mol. The van der Waals surface area contributed by atoms with Gasteiger partial charge in [0.25, 0.3) is 0 Å². The average molecular weight is 349 g/mol. The van der Waals surface area contributed by atoms with Crippen LogP contribution in [0.5, 0.6) is 5.75 Å². The Balaban J connectivity index is 2.13. The topological polar surface area (TPSA) is 35.2 Å². The maximum atomic E-state index is 6.12. The van der Waals surface area contributed by atoms with E-state index in [1.54, 1.807) is 0 Å². The summed E-state index contributed by atoms with van der Waals surface area (Å²) in [7, 11) is 0. The van der Waals surface area contributed by atoms with Gasteiger partial charge in [-0.2, -0.15) is 0 Å². The minimum Gasteiger partial charge on any atom is -0.486 e. The Hall–Kier alpha value is -0.0600. The summed E-state index contributed by atoms with van der Waals surface area (Å²) in [5, 5.41) is 0. The van der Waals surface area contributed by atoms with Crippen LogP contribution in [-0.4, -0.2) is 12.1 Å². The molecule has 0 bridgehead atoms. The summed E-state index contributed by atoms with van der Waals surface area (Å²) in [5.74, 6) is 0.913. The number of halogens is 2. The smallest absolute Gasteiger partial charge is 0.134 e. The van der Waals surface area contributed by atoms with Gasteiger partial charge < -0.3 is 10.5 Å². The molecule has 0 saturated heterocycles. The molecule has 1 saturated carbocycles. The largest absolute Gasteiger partial charge is 0.486 e. The van der Waals surface area contributed by atoms with Crippen molar-refractivity contribution < 1.29 is 4.74 Å². The molecule has 2 N–H and O–H groups in total. The number of benzene rings is 1. The zero-order chi connectivity index (χ0) is 11.6. The molecule has 0 aromatic heterocycles. The van der Waals surface area contributed by atoms with E-state index in [9.17, 15) is 0 Å². The van der Waals surface area contributed by atoms with Gasteiger partial charge in [0, 0.05) is 4.47 Å². The van der Waals surface area contributed by atoms with E-state index < -0.39 is 0 Å². The molecular formula is C12H15Br2NO. The molecule has 4 heteroatoms. The third kappa shape index (κ3) is 2.60.